The molecule has 1 saturated heterocycles. The molecule has 0 bridgehead atoms. The third-order valence-corrected chi connectivity index (χ3v) is 4.00. The number of carbonyl (C=O) groups is 1. The van der Waals surface area contributed by atoms with Gasteiger partial charge in [-0.25, -0.2) is 0 Å². The van der Waals surface area contributed by atoms with Gasteiger partial charge in [0, 0.05) is 24.4 Å². The third-order valence-electron chi connectivity index (χ3n) is 4.00. The molecule has 106 valence electrons. The van der Waals surface area contributed by atoms with Gasteiger partial charge >= 0.3 is 0 Å². The topological polar surface area (TPSA) is 20.3 Å². The summed E-state index contributed by atoms with van der Waals surface area (Å²) in [6.07, 6.45) is 9.77. The summed E-state index contributed by atoms with van der Waals surface area (Å²) < 4.78 is 0. The van der Waals surface area contributed by atoms with Crippen molar-refractivity contribution in [2.24, 2.45) is 5.92 Å². The van der Waals surface area contributed by atoms with E-state index in [1.165, 1.54) is 24.8 Å². The van der Waals surface area contributed by atoms with Gasteiger partial charge in [-0.1, -0.05) is 36.2 Å². The van der Waals surface area contributed by atoms with Crippen LogP contribution in [0.2, 0.25) is 0 Å². The molecule has 0 saturated carbocycles. The fourth-order valence-corrected chi connectivity index (χ4v) is 2.79. The average molecular weight is 269 g/mol. The van der Waals surface area contributed by atoms with Gasteiger partial charge in [-0.2, -0.15) is 0 Å². The first-order valence-corrected chi connectivity index (χ1v) is 7.47. The smallest absolute Gasteiger partial charge is 0.168 e. The summed E-state index contributed by atoms with van der Waals surface area (Å²) in [5, 5.41) is 0. The van der Waals surface area contributed by atoms with E-state index in [0.29, 0.717) is 6.42 Å². The number of ketones is 1. The van der Waals surface area contributed by atoms with Crippen LogP contribution < -0.4 is 0 Å². The summed E-state index contributed by atoms with van der Waals surface area (Å²) in [5.74, 6) is 2.79. The van der Waals surface area contributed by atoms with Gasteiger partial charge in [-0.15, -0.1) is 12.3 Å². The predicted molar refractivity (Wildman–Crippen MR) is 82.7 cm³/mol. The van der Waals surface area contributed by atoms with E-state index in [9.17, 15) is 4.79 Å². The highest BCUT2D eigenvalue weighted by atomic mass is 16.1. The van der Waals surface area contributed by atoms with E-state index in [1.54, 1.807) is 0 Å². The van der Waals surface area contributed by atoms with Crippen LogP contribution in [0.25, 0.3) is 0 Å². The SMILES string of the molecule is C#CCC(CN1CCCCC1)C(=O)c1ccc(C)cc1. The second-order valence-corrected chi connectivity index (χ2v) is 5.70. The minimum atomic E-state index is -0.0687. The number of hydrogen-bond donors (Lipinski definition) is 0. The van der Waals surface area contributed by atoms with Gasteiger partial charge in [0.05, 0.1) is 0 Å². The molecule has 2 rings (SSSR count). The zero-order valence-corrected chi connectivity index (χ0v) is 12.3. The highest BCUT2D eigenvalue weighted by Crippen LogP contribution is 2.17. The zero-order chi connectivity index (χ0) is 14.4. The summed E-state index contributed by atoms with van der Waals surface area (Å²) in [6.45, 7) is 5.03. The van der Waals surface area contributed by atoms with Gasteiger partial charge < -0.3 is 4.90 Å². The molecule has 0 N–H and O–H groups in total. The van der Waals surface area contributed by atoms with Crippen LogP contribution in [-0.4, -0.2) is 30.3 Å². The van der Waals surface area contributed by atoms with Gasteiger partial charge in [-0.05, 0) is 32.9 Å². The minimum absolute atomic E-state index is 0.0687. The minimum Gasteiger partial charge on any atom is -0.303 e. The Hall–Kier alpha value is -1.59. The van der Waals surface area contributed by atoms with Gasteiger partial charge in [0.15, 0.2) is 5.78 Å². The molecule has 1 aromatic rings. The lowest BCUT2D eigenvalue weighted by atomic mass is 9.93. The van der Waals surface area contributed by atoms with Crippen LogP contribution in [0.5, 0.6) is 0 Å². The number of benzene rings is 1. The molecule has 1 aliphatic rings. The summed E-state index contributed by atoms with van der Waals surface area (Å²) in [7, 11) is 0. The van der Waals surface area contributed by atoms with Crippen LogP contribution >= 0.6 is 0 Å². The molecule has 2 nitrogen and oxygen atoms in total. The Morgan fingerprint density at radius 1 is 1.25 bits per heavy atom. The number of nitrogens with zero attached hydrogens (tertiary/aromatic N) is 1. The van der Waals surface area contributed by atoms with E-state index in [4.69, 9.17) is 6.42 Å². The van der Waals surface area contributed by atoms with E-state index in [1.807, 2.05) is 31.2 Å². The maximum Gasteiger partial charge on any atom is 0.168 e. The molecular weight excluding hydrogens is 246 g/mol. The summed E-state index contributed by atoms with van der Waals surface area (Å²) in [6, 6.07) is 7.80. The highest BCUT2D eigenvalue weighted by molar-refractivity contribution is 5.98. The monoisotopic (exact) mass is 269 g/mol. The summed E-state index contributed by atoms with van der Waals surface area (Å²) >= 11 is 0. The van der Waals surface area contributed by atoms with Crippen molar-refractivity contribution in [3.63, 3.8) is 0 Å². The van der Waals surface area contributed by atoms with Crippen LogP contribution in [0.1, 0.15) is 41.6 Å². The lowest BCUT2D eigenvalue weighted by Gasteiger charge is -2.29. The van der Waals surface area contributed by atoms with E-state index >= 15 is 0 Å². The summed E-state index contributed by atoms with van der Waals surface area (Å²) in [4.78, 5) is 15.0. The zero-order valence-electron chi connectivity index (χ0n) is 12.3. The number of Topliss-reactive ketones (excluding diaryl/α,β-unsaturated/α-hetero) is 1. The Morgan fingerprint density at radius 3 is 2.50 bits per heavy atom. The molecule has 0 aromatic heterocycles. The Bertz CT molecular complexity index is 477. The van der Waals surface area contributed by atoms with Crippen molar-refractivity contribution < 1.29 is 4.79 Å². The lowest BCUT2D eigenvalue weighted by molar-refractivity contribution is 0.0872. The number of rotatable bonds is 5. The Balaban J connectivity index is 2.05. The largest absolute Gasteiger partial charge is 0.303 e. The average Bonchev–Trinajstić information content (AvgIpc) is 2.48. The predicted octanol–water partition coefficient (Wildman–Crippen LogP) is 3.30. The first-order valence-electron chi connectivity index (χ1n) is 7.47. The molecule has 0 aliphatic carbocycles. The molecule has 0 radical (unpaired) electrons. The van der Waals surface area contributed by atoms with E-state index < -0.39 is 0 Å². The van der Waals surface area contributed by atoms with Gasteiger partial charge in [0.2, 0.25) is 0 Å². The molecule has 1 aliphatic heterocycles. The third kappa shape index (κ3) is 3.95. The van der Waals surface area contributed by atoms with Gasteiger partial charge in [-0.3, -0.25) is 4.79 Å². The van der Waals surface area contributed by atoms with Gasteiger partial charge in [0.1, 0.15) is 0 Å². The van der Waals surface area contributed by atoms with Crippen LogP contribution in [0.15, 0.2) is 24.3 Å². The van der Waals surface area contributed by atoms with Crippen molar-refractivity contribution in [1.29, 1.82) is 0 Å². The Kier molecular flexibility index (Phi) is 5.38. The fourth-order valence-electron chi connectivity index (χ4n) is 2.79. The number of carbonyl (C=O) groups excluding carboxylic acids is 1. The lowest BCUT2D eigenvalue weighted by Crippen LogP contribution is -2.36. The van der Waals surface area contributed by atoms with E-state index in [0.717, 1.165) is 25.2 Å². The van der Waals surface area contributed by atoms with Crippen molar-refractivity contribution >= 4 is 5.78 Å². The van der Waals surface area contributed by atoms with Crippen molar-refractivity contribution in [3.05, 3.63) is 35.4 Å². The summed E-state index contributed by atoms with van der Waals surface area (Å²) in [5.41, 5.74) is 1.96. The Labute approximate surface area is 122 Å². The first kappa shape index (κ1) is 14.8. The van der Waals surface area contributed by atoms with E-state index in [-0.39, 0.29) is 11.7 Å². The molecule has 1 unspecified atom stereocenters. The maximum absolute atomic E-state index is 12.6. The number of aryl methyl sites for hydroxylation is 1. The molecular formula is C18H23NO. The second kappa shape index (κ2) is 7.26. The number of terminal acetylenes is 1. The van der Waals surface area contributed by atoms with Crippen LogP contribution in [0.3, 0.4) is 0 Å². The quantitative estimate of drug-likeness (QED) is 0.604. The van der Waals surface area contributed by atoms with Crippen molar-refractivity contribution in [3.8, 4) is 12.3 Å². The standard InChI is InChI=1S/C18H23NO/c1-3-7-17(14-19-12-5-4-6-13-19)18(20)16-10-8-15(2)9-11-16/h1,8-11,17H,4-7,12-14H2,2H3. The molecule has 1 heterocycles. The molecule has 2 heteroatoms. The normalized spacial score (nSPS) is 17.4. The van der Waals surface area contributed by atoms with Crippen LogP contribution in [0, 0.1) is 25.2 Å². The maximum atomic E-state index is 12.6. The number of likely N-dealkylation sites (tertiary alicyclic amines) is 1. The van der Waals surface area contributed by atoms with Crippen molar-refractivity contribution in [2.45, 2.75) is 32.6 Å². The first-order chi connectivity index (χ1) is 9.70. The second-order valence-electron chi connectivity index (χ2n) is 5.70. The Morgan fingerprint density at radius 2 is 1.90 bits per heavy atom. The van der Waals surface area contributed by atoms with Gasteiger partial charge in [0.25, 0.3) is 0 Å². The molecule has 20 heavy (non-hydrogen) atoms. The highest BCUT2D eigenvalue weighted by Gasteiger charge is 2.23. The van der Waals surface area contributed by atoms with Crippen molar-refractivity contribution in [2.75, 3.05) is 19.6 Å². The molecule has 1 atom stereocenters. The number of piperidine rings is 1. The molecule has 1 fully saturated rings. The fraction of sp³-hybridized carbons (Fsp3) is 0.500. The molecule has 1 aromatic carbocycles. The number of hydrogen-bond acceptors (Lipinski definition) is 2. The molecule has 0 amide bonds. The van der Waals surface area contributed by atoms with Crippen LogP contribution in [-0.2, 0) is 0 Å². The van der Waals surface area contributed by atoms with E-state index in [2.05, 4.69) is 10.8 Å². The van der Waals surface area contributed by atoms with Crippen LogP contribution in [0.4, 0.5) is 0 Å². The van der Waals surface area contributed by atoms with Crippen molar-refractivity contribution in [1.82, 2.24) is 4.90 Å². The molecule has 0 spiro atoms.